The topological polar surface area (TPSA) is 75.6 Å². The van der Waals surface area contributed by atoms with Crippen LogP contribution in [0.3, 0.4) is 0 Å². The molecule has 1 aliphatic rings. The molecule has 21 heavy (non-hydrogen) atoms. The van der Waals surface area contributed by atoms with Crippen molar-refractivity contribution in [2.24, 2.45) is 0 Å². The van der Waals surface area contributed by atoms with E-state index in [2.05, 4.69) is 10.2 Å². The molecular weight excluding hydrogens is 292 g/mol. The number of hydrogen-bond donors (Lipinski definition) is 0. The first kappa shape index (κ1) is 16.0. The van der Waals surface area contributed by atoms with E-state index in [1.807, 2.05) is 32.0 Å². The summed E-state index contributed by atoms with van der Waals surface area (Å²) in [6, 6.07) is 3.58. The van der Waals surface area contributed by atoms with Crippen LogP contribution in [0.25, 0.3) is 0 Å². The van der Waals surface area contributed by atoms with Crippen LogP contribution < -0.4 is 9.64 Å². The van der Waals surface area contributed by atoms with Gasteiger partial charge in [-0.1, -0.05) is 6.92 Å². The quantitative estimate of drug-likeness (QED) is 0.771. The molecule has 2 heterocycles. The van der Waals surface area contributed by atoms with Crippen LogP contribution in [0.15, 0.2) is 12.1 Å². The van der Waals surface area contributed by atoms with Crippen molar-refractivity contribution >= 4 is 15.8 Å². The van der Waals surface area contributed by atoms with E-state index in [0.717, 1.165) is 5.82 Å². The third kappa shape index (κ3) is 4.04. The van der Waals surface area contributed by atoms with E-state index in [0.29, 0.717) is 31.8 Å². The molecule has 7 nitrogen and oxygen atoms in total. The maximum absolute atomic E-state index is 12.0. The minimum atomic E-state index is -3.14. The Morgan fingerprint density at radius 2 is 2.14 bits per heavy atom. The summed E-state index contributed by atoms with van der Waals surface area (Å²) in [5.74, 6) is 1.37. The Labute approximate surface area is 126 Å². The van der Waals surface area contributed by atoms with Gasteiger partial charge in [0.05, 0.1) is 12.3 Å². The van der Waals surface area contributed by atoms with Gasteiger partial charge in [-0.05, 0) is 18.9 Å². The van der Waals surface area contributed by atoms with Gasteiger partial charge in [0.1, 0.15) is 6.10 Å². The first-order valence-electron chi connectivity index (χ1n) is 7.08. The molecule has 8 heteroatoms. The molecule has 1 aromatic rings. The first-order chi connectivity index (χ1) is 9.92. The molecule has 2 rings (SSSR count). The van der Waals surface area contributed by atoms with Crippen LogP contribution in [0.5, 0.6) is 5.88 Å². The maximum Gasteiger partial charge on any atom is 0.233 e. The van der Waals surface area contributed by atoms with Gasteiger partial charge in [0, 0.05) is 26.7 Å². The second kappa shape index (κ2) is 6.57. The Morgan fingerprint density at radius 3 is 2.71 bits per heavy atom. The molecule has 0 saturated carbocycles. The maximum atomic E-state index is 12.0. The highest BCUT2D eigenvalue weighted by molar-refractivity contribution is 7.89. The van der Waals surface area contributed by atoms with Crippen molar-refractivity contribution < 1.29 is 13.2 Å². The predicted octanol–water partition coefficient (Wildman–Crippen LogP) is 0.736. The average molecular weight is 314 g/mol. The Kier molecular flexibility index (Phi) is 5.00. The molecule has 0 N–H and O–H groups in total. The molecule has 1 aliphatic heterocycles. The smallest absolute Gasteiger partial charge is 0.233 e. The Bertz CT molecular complexity index is 559. The number of nitrogens with zero attached hydrogens (tertiary/aromatic N) is 4. The number of sulfonamides is 1. The van der Waals surface area contributed by atoms with E-state index in [-0.39, 0.29) is 11.9 Å². The Balaban J connectivity index is 1.93. The van der Waals surface area contributed by atoms with E-state index in [9.17, 15) is 8.42 Å². The number of hydrogen-bond acceptors (Lipinski definition) is 6. The van der Waals surface area contributed by atoms with Crippen LogP contribution in [0, 0.1) is 0 Å². The van der Waals surface area contributed by atoms with Crippen molar-refractivity contribution in [1.29, 1.82) is 0 Å². The molecule has 0 aromatic carbocycles. The highest BCUT2D eigenvalue weighted by Gasteiger charge is 2.32. The summed E-state index contributed by atoms with van der Waals surface area (Å²) in [5.41, 5.74) is 0. The van der Waals surface area contributed by atoms with Crippen LogP contribution in [0.4, 0.5) is 5.82 Å². The van der Waals surface area contributed by atoms with Crippen LogP contribution in [0.2, 0.25) is 0 Å². The summed E-state index contributed by atoms with van der Waals surface area (Å²) >= 11 is 0. The molecule has 118 valence electrons. The summed E-state index contributed by atoms with van der Waals surface area (Å²) in [7, 11) is 0.631. The average Bonchev–Trinajstić information content (AvgIpc) is 2.88. The lowest BCUT2D eigenvalue weighted by molar-refractivity contribution is 0.204. The summed E-state index contributed by atoms with van der Waals surface area (Å²) in [6.07, 6.45) is 1.15. The lowest BCUT2D eigenvalue weighted by atomic mass is 10.3. The van der Waals surface area contributed by atoms with Crippen molar-refractivity contribution in [3.8, 4) is 5.88 Å². The zero-order chi connectivity index (χ0) is 15.5. The van der Waals surface area contributed by atoms with Crippen molar-refractivity contribution in [3.05, 3.63) is 12.1 Å². The Morgan fingerprint density at radius 1 is 1.38 bits per heavy atom. The van der Waals surface area contributed by atoms with Crippen LogP contribution in [-0.4, -0.2) is 62.0 Å². The van der Waals surface area contributed by atoms with Gasteiger partial charge in [-0.2, -0.15) is 4.31 Å². The number of rotatable bonds is 6. The third-order valence-corrected chi connectivity index (χ3v) is 5.38. The van der Waals surface area contributed by atoms with E-state index < -0.39 is 10.0 Å². The van der Waals surface area contributed by atoms with E-state index in [1.165, 1.54) is 4.31 Å². The fraction of sp³-hybridized carbons (Fsp3) is 0.692. The van der Waals surface area contributed by atoms with E-state index >= 15 is 0 Å². The van der Waals surface area contributed by atoms with Crippen LogP contribution in [0.1, 0.15) is 19.8 Å². The predicted molar refractivity (Wildman–Crippen MR) is 81.0 cm³/mol. The normalized spacial score (nSPS) is 19.7. The zero-order valence-electron chi connectivity index (χ0n) is 12.7. The van der Waals surface area contributed by atoms with Gasteiger partial charge in [-0.25, -0.2) is 8.42 Å². The number of ether oxygens (including phenoxy) is 1. The molecule has 0 spiro atoms. The second-order valence-corrected chi connectivity index (χ2v) is 7.42. The summed E-state index contributed by atoms with van der Waals surface area (Å²) in [5, 5.41) is 8.04. The van der Waals surface area contributed by atoms with E-state index in [1.54, 1.807) is 6.07 Å². The summed E-state index contributed by atoms with van der Waals surface area (Å²) < 4.78 is 31.2. The van der Waals surface area contributed by atoms with Gasteiger partial charge < -0.3 is 9.64 Å². The van der Waals surface area contributed by atoms with Crippen molar-refractivity contribution in [2.75, 3.05) is 37.8 Å². The molecule has 1 saturated heterocycles. The molecular formula is C13H22N4O3S. The van der Waals surface area contributed by atoms with Gasteiger partial charge >= 0.3 is 0 Å². The second-order valence-electron chi connectivity index (χ2n) is 5.33. The fourth-order valence-electron chi connectivity index (χ4n) is 2.22. The SMILES string of the molecule is CCCS(=O)(=O)N1CC[C@@H](Oc2ccc(N(C)C)nn2)C1. The standard InChI is InChI=1S/C13H22N4O3S/c1-4-9-21(18,19)17-8-7-11(10-17)20-13-6-5-12(14-15-13)16(2)3/h5-6,11H,4,7-10H2,1-3H3/t11-/m1/s1. The van der Waals surface area contributed by atoms with Gasteiger partial charge in [0.25, 0.3) is 0 Å². The van der Waals surface area contributed by atoms with Crippen LogP contribution >= 0.6 is 0 Å². The molecule has 1 aromatic heterocycles. The lowest BCUT2D eigenvalue weighted by Gasteiger charge is -2.16. The molecule has 0 bridgehead atoms. The highest BCUT2D eigenvalue weighted by Crippen LogP contribution is 2.20. The largest absolute Gasteiger partial charge is 0.472 e. The number of anilines is 1. The van der Waals surface area contributed by atoms with Gasteiger partial charge in [-0.15, -0.1) is 10.2 Å². The molecule has 0 unspecified atom stereocenters. The van der Waals surface area contributed by atoms with Crippen molar-refractivity contribution in [2.45, 2.75) is 25.9 Å². The molecule has 1 atom stereocenters. The number of aromatic nitrogens is 2. The summed E-state index contributed by atoms with van der Waals surface area (Å²) in [4.78, 5) is 1.85. The van der Waals surface area contributed by atoms with Crippen molar-refractivity contribution in [3.63, 3.8) is 0 Å². The van der Waals surface area contributed by atoms with Crippen molar-refractivity contribution in [1.82, 2.24) is 14.5 Å². The minimum Gasteiger partial charge on any atom is -0.472 e. The molecule has 1 fully saturated rings. The first-order valence-corrected chi connectivity index (χ1v) is 8.69. The van der Waals surface area contributed by atoms with Gasteiger partial charge in [0.2, 0.25) is 15.9 Å². The Hall–Kier alpha value is -1.41. The lowest BCUT2D eigenvalue weighted by Crippen LogP contribution is -2.32. The van der Waals surface area contributed by atoms with E-state index in [4.69, 9.17) is 4.74 Å². The zero-order valence-corrected chi connectivity index (χ0v) is 13.5. The van der Waals surface area contributed by atoms with Crippen LogP contribution in [-0.2, 0) is 10.0 Å². The third-order valence-electron chi connectivity index (χ3n) is 3.33. The molecule has 0 amide bonds. The monoisotopic (exact) mass is 314 g/mol. The highest BCUT2D eigenvalue weighted by atomic mass is 32.2. The minimum absolute atomic E-state index is 0.156. The van der Waals surface area contributed by atoms with Gasteiger partial charge in [-0.3, -0.25) is 0 Å². The fourth-order valence-corrected chi connectivity index (χ4v) is 3.77. The molecule has 0 radical (unpaired) electrons. The summed E-state index contributed by atoms with van der Waals surface area (Å²) in [6.45, 7) is 2.76. The van der Waals surface area contributed by atoms with Gasteiger partial charge in [0.15, 0.2) is 5.82 Å². The molecule has 0 aliphatic carbocycles.